The third-order valence-electron chi connectivity index (χ3n) is 2.17. The van der Waals surface area contributed by atoms with Crippen LogP contribution < -0.4 is 0 Å². The zero-order chi connectivity index (χ0) is 9.68. The summed E-state index contributed by atoms with van der Waals surface area (Å²) in [7, 11) is 1.95. The fraction of sp³-hybridized carbons (Fsp3) is 0.667. The fourth-order valence-electron chi connectivity index (χ4n) is 1.19. The van der Waals surface area contributed by atoms with Crippen molar-refractivity contribution in [3.8, 4) is 0 Å². The number of hydrogen-bond donors (Lipinski definition) is 0. The van der Waals surface area contributed by atoms with Gasteiger partial charge in [-0.15, -0.1) is 23.2 Å². The molecule has 0 aromatic carbocycles. The SMILES string of the molecule is Cn1nccc1CCC(CCl)CCl. The molecular formula is C9H14Cl2N2. The van der Waals surface area contributed by atoms with Gasteiger partial charge in [0, 0.05) is 30.7 Å². The maximum absolute atomic E-state index is 5.74. The number of aromatic nitrogens is 2. The maximum atomic E-state index is 5.74. The highest BCUT2D eigenvalue weighted by molar-refractivity contribution is 6.20. The Labute approximate surface area is 88.8 Å². The van der Waals surface area contributed by atoms with Crippen LogP contribution in [-0.2, 0) is 13.5 Å². The predicted molar refractivity (Wildman–Crippen MR) is 56.5 cm³/mol. The van der Waals surface area contributed by atoms with E-state index >= 15 is 0 Å². The minimum absolute atomic E-state index is 0.415. The largest absolute Gasteiger partial charge is 0.273 e. The van der Waals surface area contributed by atoms with Gasteiger partial charge in [0.2, 0.25) is 0 Å². The molecule has 1 heterocycles. The van der Waals surface area contributed by atoms with Crippen LogP contribution in [0.2, 0.25) is 0 Å². The molecule has 1 aromatic rings. The molecule has 4 heteroatoms. The van der Waals surface area contributed by atoms with E-state index in [1.807, 2.05) is 24.0 Å². The first kappa shape index (κ1) is 10.9. The molecule has 0 bridgehead atoms. The van der Waals surface area contributed by atoms with Crippen molar-refractivity contribution >= 4 is 23.2 Å². The molecule has 1 rings (SSSR count). The summed E-state index contributed by atoms with van der Waals surface area (Å²) in [5.41, 5.74) is 1.24. The summed E-state index contributed by atoms with van der Waals surface area (Å²) in [6, 6.07) is 2.03. The van der Waals surface area contributed by atoms with E-state index in [1.165, 1.54) is 5.69 Å². The van der Waals surface area contributed by atoms with Gasteiger partial charge in [0.15, 0.2) is 0 Å². The van der Waals surface area contributed by atoms with Crippen LogP contribution in [-0.4, -0.2) is 21.5 Å². The molecule has 0 saturated heterocycles. The fourth-order valence-corrected chi connectivity index (χ4v) is 1.83. The van der Waals surface area contributed by atoms with Crippen molar-refractivity contribution in [2.24, 2.45) is 13.0 Å². The lowest BCUT2D eigenvalue weighted by atomic mass is 10.1. The number of hydrogen-bond acceptors (Lipinski definition) is 1. The van der Waals surface area contributed by atoms with E-state index in [1.54, 1.807) is 0 Å². The topological polar surface area (TPSA) is 17.8 Å². The Bertz CT molecular complexity index is 244. The average Bonchev–Trinajstić information content (AvgIpc) is 2.54. The van der Waals surface area contributed by atoms with Crippen LogP contribution in [0.25, 0.3) is 0 Å². The average molecular weight is 221 g/mol. The van der Waals surface area contributed by atoms with Gasteiger partial charge in [0.1, 0.15) is 0 Å². The third kappa shape index (κ3) is 3.20. The van der Waals surface area contributed by atoms with Crippen molar-refractivity contribution in [2.75, 3.05) is 11.8 Å². The molecule has 0 unspecified atom stereocenters. The lowest BCUT2D eigenvalue weighted by Crippen LogP contribution is -2.07. The second kappa shape index (κ2) is 5.51. The van der Waals surface area contributed by atoms with Gasteiger partial charge in [-0.2, -0.15) is 5.10 Å². The van der Waals surface area contributed by atoms with E-state index in [9.17, 15) is 0 Å². The van der Waals surface area contributed by atoms with E-state index in [-0.39, 0.29) is 0 Å². The van der Waals surface area contributed by atoms with Crippen LogP contribution in [0.3, 0.4) is 0 Å². The Kier molecular flexibility index (Phi) is 4.60. The minimum Gasteiger partial charge on any atom is -0.273 e. The standard InChI is InChI=1S/C9H14Cl2N2/c1-13-9(4-5-12-13)3-2-8(6-10)7-11/h4-5,8H,2-3,6-7H2,1H3. The van der Waals surface area contributed by atoms with E-state index in [0.717, 1.165) is 12.8 Å². The van der Waals surface area contributed by atoms with Gasteiger partial charge in [0.25, 0.3) is 0 Å². The summed E-state index contributed by atoms with van der Waals surface area (Å²) in [6.07, 6.45) is 3.85. The Balaban J connectivity index is 2.38. The number of halogens is 2. The number of aryl methyl sites for hydroxylation is 2. The Morgan fingerprint density at radius 3 is 2.62 bits per heavy atom. The molecule has 0 N–H and O–H groups in total. The molecule has 2 nitrogen and oxygen atoms in total. The summed E-state index contributed by atoms with van der Waals surface area (Å²) < 4.78 is 1.89. The highest BCUT2D eigenvalue weighted by Gasteiger charge is 2.07. The molecular weight excluding hydrogens is 207 g/mol. The van der Waals surface area contributed by atoms with Crippen LogP contribution in [0.15, 0.2) is 12.3 Å². The van der Waals surface area contributed by atoms with Gasteiger partial charge in [-0.1, -0.05) is 0 Å². The smallest absolute Gasteiger partial charge is 0.0492 e. The summed E-state index contributed by atoms with van der Waals surface area (Å²) >= 11 is 11.5. The molecule has 74 valence electrons. The second-order valence-electron chi connectivity index (χ2n) is 3.16. The predicted octanol–water partition coefficient (Wildman–Crippen LogP) is 2.45. The second-order valence-corrected chi connectivity index (χ2v) is 3.78. The molecule has 0 aliphatic carbocycles. The van der Waals surface area contributed by atoms with Gasteiger partial charge >= 0.3 is 0 Å². The zero-order valence-electron chi connectivity index (χ0n) is 7.71. The van der Waals surface area contributed by atoms with Crippen molar-refractivity contribution in [1.82, 2.24) is 9.78 Å². The van der Waals surface area contributed by atoms with Gasteiger partial charge in [0.05, 0.1) is 0 Å². The molecule has 0 radical (unpaired) electrons. The van der Waals surface area contributed by atoms with Crippen molar-refractivity contribution in [3.63, 3.8) is 0 Å². The summed E-state index contributed by atoms with van der Waals surface area (Å²) in [5, 5.41) is 4.10. The molecule has 0 amide bonds. The number of rotatable bonds is 5. The van der Waals surface area contributed by atoms with Crippen LogP contribution in [0, 0.1) is 5.92 Å². The maximum Gasteiger partial charge on any atom is 0.0492 e. The van der Waals surface area contributed by atoms with E-state index < -0.39 is 0 Å². The normalized spacial score (nSPS) is 11.1. The van der Waals surface area contributed by atoms with Crippen molar-refractivity contribution in [1.29, 1.82) is 0 Å². The Morgan fingerprint density at radius 1 is 1.46 bits per heavy atom. The van der Waals surface area contributed by atoms with E-state index in [4.69, 9.17) is 23.2 Å². The number of nitrogens with zero attached hydrogens (tertiary/aromatic N) is 2. The molecule has 0 fully saturated rings. The first-order valence-corrected chi connectivity index (χ1v) is 5.43. The van der Waals surface area contributed by atoms with Crippen molar-refractivity contribution in [2.45, 2.75) is 12.8 Å². The van der Waals surface area contributed by atoms with Crippen molar-refractivity contribution in [3.05, 3.63) is 18.0 Å². The van der Waals surface area contributed by atoms with Gasteiger partial charge < -0.3 is 0 Å². The summed E-state index contributed by atoms with van der Waals surface area (Å²) in [6.45, 7) is 0. The molecule has 13 heavy (non-hydrogen) atoms. The summed E-state index contributed by atoms with van der Waals surface area (Å²) in [5.74, 6) is 1.70. The molecule has 0 saturated carbocycles. The van der Waals surface area contributed by atoms with Gasteiger partial charge in [-0.05, 0) is 24.8 Å². The highest BCUT2D eigenvalue weighted by atomic mass is 35.5. The van der Waals surface area contributed by atoms with Crippen LogP contribution >= 0.6 is 23.2 Å². The van der Waals surface area contributed by atoms with Crippen LogP contribution in [0.1, 0.15) is 12.1 Å². The molecule has 0 aliphatic heterocycles. The van der Waals surface area contributed by atoms with Crippen LogP contribution in [0.5, 0.6) is 0 Å². The minimum atomic E-state index is 0.415. The summed E-state index contributed by atoms with van der Waals surface area (Å²) in [4.78, 5) is 0. The molecule has 0 spiro atoms. The lowest BCUT2D eigenvalue weighted by molar-refractivity contribution is 0.575. The monoisotopic (exact) mass is 220 g/mol. The Morgan fingerprint density at radius 2 is 2.15 bits per heavy atom. The van der Waals surface area contributed by atoms with E-state index in [0.29, 0.717) is 17.7 Å². The van der Waals surface area contributed by atoms with Crippen molar-refractivity contribution < 1.29 is 0 Å². The third-order valence-corrected chi connectivity index (χ3v) is 3.04. The quantitative estimate of drug-likeness (QED) is 0.698. The number of alkyl halides is 2. The van der Waals surface area contributed by atoms with E-state index in [2.05, 4.69) is 5.10 Å². The first-order chi connectivity index (χ1) is 6.27. The van der Waals surface area contributed by atoms with Gasteiger partial charge in [-0.25, -0.2) is 0 Å². The first-order valence-electron chi connectivity index (χ1n) is 4.36. The van der Waals surface area contributed by atoms with Gasteiger partial charge in [-0.3, -0.25) is 4.68 Å². The molecule has 0 atom stereocenters. The lowest BCUT2D eigenvalue weighted by Gasteiger charge is -2.09. The highest BCUT2D eigenvalue weighted by Crippen LogP contribution is 2.12. The molecule has 1 aromatic heterocycles. The Hall–Kier alpha value is -0.210. The zero-order valence-corrected chi connectivity index (χ0v) is 9.22. The van der Waals surface area contributed by atoms with Crippen LogP contribution in [0.4, 0.5) is 0 Å². The molecule has 0 aliphatic rings.